The van der Waals surface area contributed by atoms with Crippen LogP contribution in [0.3, 0.4) is 0 Å². The fraction of sp³-hybridized carbons (Fsp3) is 0.727. The number of rotatable bonds is 15. The fourth-order valence-electron chi connectivity index (χ4n) is 5.30. The van der Waals surface area contributed by atoms with Crippen LogP contribution in [-0.4, -0.2) is 66.6 Å². The summed E-state index contributed by atoms with van der Waals surface area (Å²) in [6, 6.07) is 7.21. The van der Waals surface area contributed by atoms with Crippen molar-refractivity contribution in [3.8, 4) is 0 Å². The van der Waals surface area contributed by atoms with Gasteiger partial charge in [-0.2, -0.15) is 0 Å². The first-order chi connectivity index (χ1) is 19.7. The average molecular weight is 590 g/mol. The highest BCUT2D eigenvalue weighted by molar-refractivity contribution is 5.95. The molecule has 2 rings (SSSR count). The number of alkyl carbamates (subject to hydrolysis) is 1. The van der Waals surface area contributed by atoms with Crippen molar-refractivity contribution in [3.63, 3.8) is 0 Å². The highest BCUT2D eigenvalue weighted by Crippen LogP contribution is 2.34. The number of ether oxygens (including phenoxy) is 2. The van der Waals surface area contributed by atoms with Crippen molar-refractivity contribution in [2.24, 2.45) is 11.3 Å². The molecule has 0 aliphatic carbocycles. The van der Waals surface area contributed by atoms with E-state index in [1.807, 2.05) is 43.0 Å². The maximum absolute atomic E-state index is 13.8. The highest BCUT2D eigenvalue weighted by Gasteiger charge is 2.36. The molecule has 3 amide bonds. The number of amides is 3. The lowest BCUT2D eigenvalue weighted by molar-refractivity contribution is -0.125. The topological polar surface area (TPSA) is 117 Å². The minimum Gasteiger partial charge on any atom is -0.444 e. The smallest absolute Gasteiger partial charge is 0.407 e. The van der Waals surface area contributed by atoms with E-state index < -0.39 is 35.2 Å². The van der Waals surface area contributed by atoms with Gasteiger partial charge in [-0.25, -0.2) is 4.79 Å². The van der Waals surface area contributed by atoms with Crippen molar-refractivity contribution >= 4 is 23.6 Å². The van der Waals surface area contributed by atoms with E-state index in [1.54, 1.807) is 27.7 Å². The summed E-state index contributed by atoms with van der Waals surface area (Å²) >= 11 is 0. The molecule has 1 heterocycles. The second-order valence-corrected chi connectivity index (χ2v) is 13.5. The standard InChI is InChI=1S/C33H55N3O6/c1-9-11-16-34-30(39)23(3)18-28(37)26(35-31(40)42-32(4,5)6)20-33(7,8)21-29(38)36-22-25(41-17-10-2)19-24-14-12-13-15-27(24)36/h12-15,23,25-26,28,37H,9-11,16-22H2,1-8H3,(H,34,39)(H,35,40)/t23-,25?,26+,28+/m1/s1. The van der Waals surface area contributed by atoms with Gasteiger partial charge in [0.2, 0.25) is 11.8 Å². The third-order valence-electron chi connectivity index (χ3n) is 7.42. The molecule has 0 bridgehead atoms. The Balaban J connectivity index is 2.18. The maximum Gasteiger partial charge on any atom is 0.407 e. The normalized spacial score (nSPS) is 17.5. The number of para-hydroxylation sites is 1. The van der Waals surface area contributed by atoms with E-state index in [1.165, 1.54) is 0 Å². The van der Waals surface area contributed by atoms with Gasteiger partial charge in [-0.1, -0.05) is 59.2 Å². The van der Waals surface area contributed by atoms with Gasteiger partial charge in [0.1, 0.15) is 5.60 Å². The molecule has 1 aliphatic heterocycles. The summed E-state index contributed by atoms with van der Waals surface area (Å²) in [7, 11) is 0. The van der Waals surface area contributed by atoms with E-state index in [0.29, 0.717) is 26.1 Å². The molecule has 4 atom stereocenters. The summed E-state index contributed by atoms with van der Waals surface area (Å²) in [5.74, 6) is -0.613. The van der Waals surface area contributed by atoms with Crippen molar-refractivity contribution in [2.45, 2.75) is 124 Å². The zero-order chi connectivity index (χ0) is 31.5. The van der Waals surface area contributed by atoms with Gasteiger partial charge in [-0.15, -0.1) is 0 Å². The van der Waals surface area contributed by atoms with E-state index in [-0.39, 0.29) is 30.8 Å². The average Bonchev–Trinajstić information content (AvgIpc) is 2.89. The van der Waals surface area contributed by atoms with E-state index in [9.17, 15) is 19.5 Å². The van der Waals surface area contributed by atoms with Gasteiger partial charge in [0.25, 0.3) is 0 Å². The minimum absolute atomic E-state index is 0.0357. The second-order valence-electron chi connectivity index (χ2n) is 13.5. The second kappa shape index (κ2) is 16.3. The molecule has 3 N–H and O–H groups in total. The van der Waals surface area contributed by atoms with Crippen LogP contribution in [0.1, 0.15) is 99.5 Å². The summed E-state index contributed by atoms with van der Waals surface area (Å²) in [5, 5.41) is 17.0. The van der Waals surface area contributed by atoms with Crippen LogP contribution < -0.4 is 15.5 Å². The van der Waals surface area contributed by atoms with Gasteiger partial charge in [0.15, 0.2) is 0 Å². The predicted molar refractivity (Wildman–Crippen MR) is 166 cm³/mol. The van der Waals surface area contributed by atoms with Crippen LogP contribution in [0.5, 0.6) is 0 Å². The maximum atomic E-state index is 13.8. The molecule has 1 unspecified atom stereocenters. The van der Waals surface area contributed by atoms with Gasteiger partial charge >= 0.3 is 6.09 Å². The molecule has 1 aliphatic rings. The van der Waals surface area contributed by atoms with Crippen LogP contribution >= 0.6 is 0 Å². The lowest BCUT2D eigenvalue weighted by atomic mass is 9.79. The zero-order valence-corrected chi connectivity index (χ0v) is 27.1. The number of carbonyl (C=O) groups excluding carboxylic acids is 3. The molecule has 238 valence electrons. The van der Waals surface area contributed by atoms with Crippen LogP contribution in [0.4, 0.5) is 10.5 Å². The third-order valence-corrected chi connectivity index (χ3v) is 7.42. The number of hydrogen-bond donors (Lipinski definition) is 3. The molecule has 0 saturated heterocycles. The fourth-order valence-corrected chi connectivity index (χ4v) is 5.30. The monoisotopic (exact) mass is 589 g/mol. The van der Waals surface area contributed by atoms with Gasteiger partial charge in [0.05, 0.1) is 24.8 Å². The third kappa shape index (κ3) is 11.9. The van der Waals surface area contributed by atoms with E-state index in [2.05, 4.69) is 24.5 Å². The Morgan fingerprint density at radius 1 is 1.10 bits per heavy atom. The molecule has 9 nitrogen and oxygen atoms in total. The Bertz CT molecular complexity index is 1020. The SMILES string of the molecule is CCCCNC(=O)[C@H](C)C[C@H](O)[C@H](CC(C)(C)CC(=O)N1CC(OCCC)Cc2ccccc21)NC(=O)OC(C)(C)C. The quantitative estimate of drug-likeness (QED) is 0.237. The van der Waals surface area contributed by atoms with Gasteiger partial charge < -0.3 is 30.1 Å². The largest absolute Gasteiger partial charge is 0.444 e. The lowest BCUT2D eigenvalue weighted by Crippen LogP contribution is -2.49. The molecule has 0 aromatic heterocycles. The number of carbonyl (C=O) groups is 3. The van der Waals surface area contributed by atoms with Crippen LogP contribution in [0.25, 0.3) is 0 Å². The number of aliphatic hydroxyl groups excluding tert-OH is 1. The van der Waals surface area contributed by atoms with E-state index >= 15 is 0 Å². The summed E-state index contributed by atoms with van der Waals surface area (Å²) in [5.41, 5.74) is 0.689. The van der Waals surface area contributed by atoms with Crippen molar-refractivity contribution in [3.05, 3.63) is 29.8 Å². The molecule has 1 aromatic rings. The van der Waals surface area contributed by atoms with E-state index in [4.69, 9.17) is 9.47 Å². The first-order valence-corrected chi connectivity index (χ1v) is 15.6. The zero-order valence-electron chi connectivity index (χ0n) is 27.1. The highest BCUT2D eigenvalue weighted by atomic mass is 16.6. The van der Waals surface area contributed by atoms with Gasteiger partial charge in [0, 0.05) is 37.6 Å². The van der Waals surface area contributed by atoms with Crippen molar-refractivity contribution in [1.82, 2.24) is 10.6 Å². The number of aliphatic hydroxyl groups is 1. The van der Waals surface area contributed by atoms with Crippen molar-refractivity contribution in [1.29, 1.82) is 0 Å². The molecule has 0 radical (unpaired) electrons. The number of nitrogens with zero attached hydrogens (tertiary/aromatic N) is 1. The number of hydrogen-bond acceptors (Lipinski definition) is 6. The predicted octanol–water partition coefficient (Wildman–Crippen LogP) is 5.37. The number of anilines is 1. The summed E-state index contributed by atoms with van der Waals surface area (Å²) in [6.07, 6.45) is 2.49. The summed E-state index contributed by atoms with van der Waals surface area (Å²) in [6.45, 7) is 16.9. The Morgan fingerprint density at radius 2 is 1.79 bits per heavy atom. The van der Waals surface area contributed by atoms with Crippen LogP contribution in [0.15, 0.2) is 24.3 Å². The lowest BCUT2D eigenvalue weighted by Gasteiger charge is -2.38. The number of nitrogens with one attached hydrogen (secondary N) is 2. The number of benzene rings is 1. The minimum atomic E-state index is -1.01. The number of unbranched alkanes of at least 4 members (excludes halogenated alkanes) is 1. The van der Waals surface area contributed by atoms with Crippen LogP contribution in [0.2, 0.25) is 0 Å². The first-order valence-electron chi connectivity index (χ1n) is 15.6. The molecule has 9 heteroatoms. The molecule has 42 heavy (non-hydrogen) atoms. The molecule has 0 fully saturated rings. The summed E-state index contributed by atoms with van der Waals surface area (Å²) in [4.78, 5) is 41.0. The molecular formula is C33H55N3O6. The Kier molecular flexibility index (Phi) is 13.8. The molecular weight excluding hydrogens is 534 g/mol. The van der Waals surface area contributed by atoms with Crippen LogP contribution in [-0.2, 0) is 25.5 Å². The molecule has 0 saturated carbocycles. The van der Waals surface area contributed by atoms with Crippen LogP contribution in [0, 0.1) is 11.3 Å². The van der Waals surface area contributed by atoms with Gasteiger partial charge in [-0.3, -0.25) is 9.59 Å². The van der Waals surface area contributed by atoms with Gasteiger partial charge in [-0.05, 0) is 63.5 Å². The first kappa shape index (κ1) is 35.5. The number of fused-ring (bicyclic) bond motifs is 1. The Hall–Kier alpha value is -2.65. The summed E-state index contributed by atoms with van der Waals surface area (Å²) < 4.78 is 11.5. The Morgan fingerprint density at radius 3 is 2.43 bits per heavy atom. The van der Waals surface area contributed by atoms with Crippen molar-refractivity contribution in [2.75, 3.05) is 24.6 Å². The van der Waals surface area contributed by atoms with E-state index in [0.717, 1.165) is 36.9 Å². The Labute approximate surface area is 253 Å². The molecule has 0 spiro atoms. The molecule has 1 aromatic carbocycles. The van der Waals surface area contributed by atoms with Crippen molar-refractivity contribution < 1.29 is 29.0 Å².